The third-order valence-electron chi connectivity index (χ3n) is 2.17. The minimum atomic E-state index is -0.297. The van der Waals surface area contributed by atoms with Crippen LogP contribution in [0.5, 0.6) is 0 Å². The molecule has 0 atom stereocenters. The van der Waals surface area contributed by atoms with Crippen molar-refractivity contribution in [1.82, 2.24) is 4.98 Å². The van der Waals surface area contributed by atoms with Crippen molar-refractivity contribution in [2.75, 3.05) is 11.9 Å². The first-order chi connectivity index (χ1) is 8.24. The lowest BCUT2D eigenvalue weighted by molar-refractivity contribution is 0.628. The molecular formula is C12H10FN3S. The Balaban J connectivity index is 2.44. The average molecular weight is 247 g/mol. The molecule has 0 saturated carbocycles. The molecule has 0 spiro atoms. The predicted octanol–water partition coefficient (Wildman–Crippen LogP) is 3.25. The maximum Gasteiger partial charge on any atom is 0.184 e. The van der Waals surface area contributed by atoms with Gasteiger partial charge in [-0.15, -0.1) is 0 Å². The monoisotopic (exact) mass is 247 g/mol. The van der Waals surface area contributed by atoms with Gasteiger partial charge in [0.25, 0.3) is 0 Å². The number of hydrogen-bond donors (Lipinski definition) is 1. The van der Waals surface area contributed by atoms with Crippen LogP contribution < -0.4 is 5.32 Å². The highest BCUT2D eigenvalue weighted by atomic mass is 32.1. The molecule has 17 heavy (non-hydrogen) atoms. The number of nitriles is 1. The number of hydrogen-bond acceptors (Lipinski definition) is 4. The summed E-state index contributed by atoms with van der Waals surface area (Å²) >= 11 is 1.31. The Morgan fingerprint density at radius 1 is 1.41 bits per heavy atom. The maximum absolute atomic E-state index is 12.8. The van der Waals surface area contributed by atoms with Crippen LogP contribution >= 0.6 is 11.3 Å². The molecule has 5 heteroatoms. The Morgan fingerprint density at radius 2 is 2.12 bits per heavy atom. The Bertz CT molecular complexity index is 554. The minimum absolute atomic E-state index is 0.297. The van der Waals surface area contributed by atoms with Crippen LogP contribution in [0.25, 0.3) is 11.3 Å². The zero-order valence-electron chi connectivity index (χ0n) is 9.20. The Hall–Kier alpha value is -1.93. The first-order valence-corrected chi connectivity index (χ1v) is 5.97. The summed E-state index contributed by atoms with van der Waals surface area (Å²) in [7, 11) is 0. The van der Waals surface area contributed by atoms with E-state index in [-0.39, 0.29) is 5.82 Å². The quantitative estimate of drug-likeness (QED) is 0.905. The summed E-state index contributed by atoms with van der Waals surface area (Å²) in [4.78, 5) is 4.87. The van der Waals surface area contributed by atoms with E-state index in [1.54, 1.807) is 12.1 Å². The van der Waals surface area contributed by atoms with Crippen molar-refractivity contribution in [2.45, 2.75) is 6.92 Å². The first kappa shape index (κ1) is 11.6. The number of thiazole rings is 1. The Labute approximate surface area is 103 Å². The van der Waals surface area contributed by atoms with Crippen LogP contribution in [0.15, 0.2) is 24.3 Å². The number of anilines is 1. The minimum Gasteiger partial charge on any atom is -0.362 e. The molecule has 2 aromatic rings. The third kappa shape index (κ3) is 2.43. The molecular weight excluding hydrogens is 237 g/mol. The Kier molecular flexibility index (Phi) is 3.35. The molecule has 1 aromatic carbocycles. The second-order valence-corrected chi connectivity index (χ2v) is 4.34. The van der Waals surface area contributed by atoms with Gasteiger partial charge in [-0.25, -0.2) is 9.37 Å². The van der Waals surface area contributed by atoms with Gasteiger partial charge in [0, 0.05) is 12.1 Å². The highest BCUT2D eigenvalue weighted by Gasteiger charge is 2.12. The molecule has 0 bridgehead atoms. The van der Waals surface area contributed by atoms with E-state index < -0.39 is 0 Å². The number of halogens is 1. The number of rotatable bonds is 3. The van der Waals surface area contributed by atoms with Gasteiger partial charge in [0.15, 0.2) is 5.13 Å². The van der Waals surface area contributed by atoms with Gasteiger partial charge < -0.3 is 5.32 Å². The first-order valence-electron chi connectivity index (χ1n) is 5.15. The zero-order valence-corrected chi connectivity index (χ0v) is 10.0. The van der Waals surface area contributed by atoms with E-state index in [2.05, 4.69) is 16.4 Å². The molecule has 0 fully saturated rings. The molecule has 0 amide bonds. The highest BCUT2D eigenvalue weighted by Crippen LogP contribution is 2.30. The Morgan fingerprint density at radius 3 is 2.71 bits per heavy atom. The fourth-order valence-corrected chi connectivity index (χ4v) is 2.28. The molecule has 1 heterocycles. The van der Waals surface area contributed by atoms with Crippen molar-refractivity contribution >= 4 is 16.5 Å². The zero-order chi connectivity index (χ0) is 12.3. The summed E-state index contributed by atoms with van der Waals surface area (Å²) in [6.07, 6.45) is 0. The van der Waals surface area contributed by atoms with Crippen molar-refractivity contribution in [3.63, 3.8) is 0 Å². The summed E-state index contributed by atoms with van der Waals surface area (Å²) in [5.41, 5.74) is 1.36. The van der Waals surface area contributed by atoms with E-state index in [1.807, 2.05) is 6.92 Å². The van der Waals surface area contributed by atoms with E-state index >= 15 is 0 Å². The molecule has 1 N–H and O–H groups in total. The summed E-state index contributed by atoms with van der Waals surface area (Å²) in [6.45, 7) is 2.71. The van der Waals surface area contributed by atoms with Gasteiger partial charge in [0.2, 0.25) is 0 Å². The number of nitrogens with zero attached hydrogens (tertiary/aromatic N) is 2. The molecule has 0 aliphatic heterocycles. The van der Waals surface area contributed by atoms with Gasteiger partial charge in [-0.2, -0.15) is 5.26 Å². The summed E-state index contributed by atoms with van der Waals surface area (Å²) in [5.74, 6) is -0.297. The number of benzene rings is 1. The van der Waals surface area contributed by atoms with Gasteiger partial charge in [-0.1, -0.05) is 11.3 Å². The molecule has 0 aliphatic rings. The fourth-order valence-electron chi connectivity index (χ4n) is 1.43. The topological polar surface area (TPSA) is 48.7 Å². The fraction of sp³-hybridized carbons (Fsp3) is 0.167. The van der Waals surface area contributed by atoms with E-state index in [4.69, 9.17) is 5.26 Å². The largest absolute Gasteiger partial charge is 0.362 e. The predicted molar refractivity (Wildman–Crippen MR) is 66.4 cm³/mol. The van der Waals surface area contributed by atoms with Crippen molar-refractivity contribution in [2.24, 2.45) is 0 Å². The smallest absolute Gasteiger partial charge is 0.184 e. The van der Waals surface area contributed by atoms with Crippen LogP contribution in [0, 0.1) is 17.1 Å². The van der Waals surface area contributed by atoms with Crippen molar-refractivity contribution in [3.8, 4) is 17.3 Å². The van der Waals surface area contributed by atoms with Gasteiger partial charge in [-0.3, -0.25) is 0 Å². The van der Waals surface area contributed by atoms with Gasteiger partial charge in [0.05, 0.1) is 0 Å². The van der Waals surface area contributed by atoms with Crippen LogP contribution in [-0.4, -0.2) is 11.5 Å². The van der Waals surface area contributed by atoms with Gasteiger partial charge >= 0.3 is 0 Å². The normalized spacial score (nSPS) is 9.94. The van der Waals surface area contributed by atoms with E-state index in [9.17, 15) is 4.39 Å². The van der Waals surface area contributed by atoms with E-state index in [1.165, 1.54) is 23.5 Å². The van der Waals surface area contributed by atoms with Crippen LogP contribution in [0.2, 0.25) is 0 Å². The van der Waals surface area contributed by atoms with Gasteiger partial charge in [0.1, 0.15) is 22.5 Å². The van der Waals surface area contributed by atoms with E-state index in [0.717, 1.165) is 12.1 Å². The third-order valence-corrected chi connectivity index (χ3v) is 3.09. The average Bonchev–Trinajstić information content (AvgIpc) is 2.74. The molecule has 0 saturated heterocycles. The van der Waals surface area contributed by atoms with Crippen molar-refractivity contribution < 1.29 is 4.39 Å². The van der Waals surface area contributed by atoms with Crippen LogP contribution in [0.3, 0.4) is 0 Å². The number of aromatic nitrogens is 1. The SMILES string of the molecule is CCNc1nc(-c2ccc(F)cc2)c(C#N)s1. The lowest BCUT2D eigenvalue weighted by atomic mass is 10.1. The van der Waals surface area contributed by atoms with Crippen molar-refractivity contribution in [3.05, 3.63) is 35.0 Å². The van der Waals surface area contributed by atoms with Crippen LogP contribution in [-0.2, 0) is 0 Å². The molecule has 0 aliphatic carbocycles. The lowest BCUT2D eigenvalue weighted by Crippen LogP contribution is -1.94. The molecule has 0 radical (unpaired) electrons. The lowest BCUT2D eigenvalue weighted by Gasteiger charge is -1.97. The molecule has 2 rings (SSSR count). The molecule has 0 unspecified atom stereocenters. The highest BCUT2D eigenvalue weighted by molar-refractivity contribution is 7.16. The van der Waals surface area contributed by atoms with Crippen LogP contribution in [0.1, 0.15) is 11.8 Å². The van der Waals surface area contributed by atoms with Gasteiger partial charge in [-0.05, 0) is 31.2 Å². The summed E-state index contributed by atoms with van der Waals surface area (Å²) in [5, 5.41) is 12.8. The molecule has 3 nitrogen and oxygen atoms in total. The molecule has 1 aromatic heterocycles. The number of nitrogens with one attached hydrogen (secondary N) is 1. The summed E-state index contributed by atoms with van der Waals surface area (Å²) < 4.78 is 12.8. The second-order valence-electron chi connectivity index (χ2n) is 3.35. The standard InChI is InChI=1S/C12H10FN3S/c1-2-15-12-16-11(10(7-14)17-12)8-3-5-9(13)6-4-8/h3-6H,2H2,1H3,(H,15,16). The van der Waals surface area contributed by atoms with E-state index in [0.29, 0.717) is 15.7 Å². The maximum atomic E-state index is 12.8. The van der Waals surface area contributed by atoms with Crippen molar-refractivity contribution in [1.29, 1.82) is 5.26 Å². The molecule has 86 valence electrons. The summed E-state index contributed by atoms with van der Waals surface area (Å²) in [6, 6.07) is 8.09. The van der Waals surface area contributed by atoms with Crippen LogP contribution in [0.4, 0.5) is 9.52 Å². The second kappa shape index (κ2) is 4.93.